The van der Waals surface area contributed by atoms with E-state index in [-0.39, 0.29) is 11.6 Å². The molecule has 0 aliphatic carbocycles. The summed E-state index contributed by atoms with van der Waals surface area (Å²) in [5.74, 6) is -0.977. The molecule has 1 aromatic carbocycles. The van der Waals surface area contributed by atoms with Crippen molar-refractivity contribution >= 4 is 21.9 Å². The molecule has 0 unspecified atom stereocenters. The Hall–Kier alpha value is -1.13. The zero-order valence-corrected chi connectivity index (χ0v) is 8.99. The molecule has 3 nitrogen and oxygen atoms in total. The van der Waals surface area contributed by atoms with Crippen LogP contribution in [0.1, 0.15) is 22.0 Å². The van der Waals surface area contributed by atoms with E-state index in [4.69, 9.17) is 10.8 Å². The number of hydrogen-bond acceptors (Lipinski definition) is 2. The number of benzene rings is 1. The highest BCUT2D eigenvalue weighted by Crippen LogP contribution is 2.26. The molecular weight excluding hydrogens is 246 g/mol. The number of carboxylic acid groups (broad SMARTS) is 1. The van der Waals surface area contributed by atoms with E-state index in [1.807, 2.05) is 0 Å². The molecule has 3 N–H and O–H groups in total. The maximum Gasteiger partial charge on any atom is 0.336 e. The van der Waals surface area contributed by atoms with Gasteiger partial charge >= 0.3 is 5.97 Å². The van der Waals surface area contributed by atoms with E-state index >= 15 is 0 Å². The SMILES string of the molecule is C=C[C@H](N)c1cccc(C(=O)O)c1Br. The van der Waals surface area contributed by atoms with Gasteiger partial charge in [0.25, 0.3) is 0 Å². The third-order valence-electron chi connectivity index (χ3n) is 1.87. The Morgan fingerprint density at radius 1 is 1.64 bits per heavy atom. The minimum absolute atomic E-state index is 0.208. The summed E-state index contributed by atoms with van der Waals surface area (Å²) in [6, 6.07) is 4.59. The van der Waals surface area contributed by atoms with Crippen LogP contribution in [-0.4, -0.2) is 11.1 Å². The molecule has 1 atom stereocenters. The zero-order valence-electron chi connectivity index (χ0n) is 7.40. The van der Waals surface area contributed by atoms with Crippen molar-refractivity contribution in [3.05, 3.63) is 46.5 Å². The van der Waals surface area contributed by atoms with E-state index in [9.17, 15) is 4.79 Å². The summed E-state index contributed by atoms with van der Waals surface area (Å²) in [6.07, 6.45) is 1.56. The van der Waals surface area contributed by atoms with Gasteiger partial charge in [0.1, 0.15) is 0 Å². The Bertz CT molecular complexity index is 376. The van der Waals surface area contributed by atoms with Gasteiger partial charge in [-0.25, -0.2) is 4.79 Å². The predicted molar refractivity (Wildman–Crippen MR) is 58.2 cm³/mol. The summed E-state index contributed by atoms with van der Waals surface area (Å²) >= 11 is 3.21. The number of carbonyl (C=O) groups is 1. The first-order valence-electron chi connectivity index (χ1n) is 3.97. The summed E-state index contributed by atoms with van der Waals surface area (Å²) in [6.45, 7) is 3.56. The average molecular weight is 256 g/mol. The molecule has 0 aliphatic rings. The predicted octanol–water partition coefficient (Wildman–Crippen LogP) is 2.33. The lowest BCUT2D eigenvalue weighted by molar-refractivity contribution is 0.0695. The standard InChI is InChI=1S/C10H10BrNO2/c1-2-8(12)6-4-3-5-7(9(6)11)10(13)14/h2-5,8H,1,12H2,(H,13,14)/t8-/m0/s1. The van der Waals surface area contributed by atoms with Crippen molar-refractivity contribution in [1.29, 1.82) is 0 Å². The van der Waals surface area contributed by atoms with E-state index < -0.39 is 5.97 Å². The third kappa shape index (κ3) is 2.02. The molecule has 0 radical (unpaired) electrons. The first-order chi connectivity index (χ1) is 6.57. The van der Waals surface area contributed by atoms with Crippen LogP contribution >= 0.6 is 15.9 Å². The van der Waals surface area contributed by atoms with Crippen LogP contribution in [0.4, 0.5) is 0 Å². The Morgan fingerprint density at radius 2 is 2.29 bits per heavy atom. The maximum absolute atomic E-state index is 10.8. The Kier molecular flexibility index (Phi) is 3.43. The average Bonchev–Trinajstić information content (AvgIpc) is 2.16. The molecule has 0 heterocycles. The first-order valence-corrected chi connectivity index (χ1v) is 4.77. The fourth-order valence-corrected chi connectivity index (χ4v) is 1.80. The summed E-state index contributed by atoms with van der Waals surface area (Å²) < 4.78 is 0.514. The Morgan fingerprint density at radius 3 is 2.79 bits per heavy atom. The highest BCUT2D eigenvalue weighted by Gasteiger charge is 2.13. The second-order valence-corrected chi connectivity index (χ2v) is 3.57. The van der Waals surface area contributed by atoms with E-state index in [0.717, 1.165) is 5.56 Å². The van der Waals surface area contributed by atoms with Crippen molar-refractivity contribution in [3.8, 4) is 0 Å². The van der Waals surface area contributed by atoms with Gasteiger partial charge in [0.2, 0.25) is 0 Å². The van der Waals surface area contributed by atoms with Crippen LogP contribution < -0.4 is 5.73 Å². The van der Waals surface area contributed by atoms with Gasteiger partial charge in [-0.2, -0.15) is 0 Å². The van der Waals surface area contributed by atoms with E-state index in [1.54, 1.807) is 18.2 Å². The summed E-state index contributed by atoms with van der Waals surface area (Å²) in [5.41, 5.74) is 6.65. The second-order valence-electron chi connectivity index (χ2n) is 2.78. The van der Waals surface area contributed by atoms with Gasteiger partial charge in [0.15, 0.2) is 0 Å². The lowest BCUT2D eigenvalue weighted by Gasteiger charge is -2.10. The molecule has 0 amide bonds. The van der Waals surface area contributed by atoms with Crippen LogP contribution in [0.3, 0.4) is 0 Å². The second kappa shape index (κ2) is 4.39. The number of halogens is 1. The van der Waals surface area contributed by atoms with Gasteiger partial charge in [0.05, 0.1) is 5.56 Å². The lowest BCUT2D eigenvalue weighted by atomic mass is 10.0. The van der Waals surface area contributed by atoms with Crippen LogP contribution in [0.5, 0.6) is 0 Å². The van der Waals surface area contributed by atoms with Crippen LogP contribution in [0.25, 0.3) is 0 Å². The first kappa shape index (κ1) is 10.9. The van der Waals surface area contributed by atoms with Crippen LogP contribution in [0, 0.1) is 0 Å². The minimum atomic E-state index is -0.977. The van der Waals surface area contributed by atoms with E-state index in [1.165, 1.54) is 6.07 Å². The van der Waals surface area contributed by atoms with Gasteiger partial charge in [0, 0.05) is 10.5 Å². The van der Waals surface area contributed by atoms with Crippen molar-refractivity contribution in [2.75, 3.05) is 0 Å². The zero-order chi connectivity index (χ0) is 10.7. The van der Waals surface area contributed by atoms with Crippen molar-refractivity contribution in [2.24, 2.45) is 5.73 Å². The van der Waals surface area contributed by atoms with Gasteiger partial charge in [-0.3, -0.25) is 0 Å². The number of rotatable bonds is 3. The minimum Gasteiger partial charge on any atom is -0.478 e. The molecule has 0 spiro atoms. The number of hydrogen-bond donors (Lipinski definition) is 2. The van der Waals surface area contributed by atoms with Gasteiger partial charge in [-0.15, -0.1) is 6.58 Å². The van der Waals surface area contributed by atoms with Crippen molar-refractivity contribution < 1.29 is 9.90 Å². The highest BCUT2D eigenvalue weighted by molar-refractivity contribution is 9.10. The van der Waals surface area contributed by atoms with Gasteiger partial charge in [-0.05, 0) is 27.6 Å². The van der Waals surface area contributed by atoms with Crippen LogP contribution in [0.2, 0.25) is 0 Å². The fraction of sp³-hybridized carbons (Fsp3) is 0.100. The molecule has 1 aromatic rings. The molecule has 0 saturated carbocycles. The number of aromatic carboxylic acids is 1. The molecule has 4 heteroatoms. The van der Waals surface area contributed by atoms with Gasteiger partial charge in [-0.1, -0.05) is 18.2 Å². The molecule has 1 rings (SSSR count). The molecule has 0 fully saturated rings. The molecule has 0 aromatic heterocycles. The normalized spacial score (nSPS) is 12.1. The highest BCUT2D eigenvalue weighted by atomic mass is 79.9. The molecule has 0 bridgehead atoms. The molecule has 14 heavy (non-hydrogen) atoms. The topological polar surface area (TPSA) is 63.3 Å². The fourth-order valence-electron chi connectivity index (χ4n) is 1.10. The Balaban J connectivity index is 3.26. The monoisotopic (exact) mass is 255 g/mol. The quantitative estimate of drug-likeness (QED) is 0.816. The van der Waals surface area contributed by atoms with Crippen LogP contribution in [0.15, 0.2) is 35.3 Å². The third-order valence-corrected chi connectivity index (χ3v) is 2.76. The van der Waals surface area contributed by atoms with Crippen molar-refractivity contribution in [2.45, 2.75) is 6.04 Å². The van der Waals surface area contributed by atoms with Crippen LogP contribution in [-0.2, 0) is 0 Å². The molecule has 0 saturated heterocycles. The van der Waals surface area contributed by atoms with Crippen molar-refractivity contribution in [3.63, 3.8) is 0 Å². The summed E-state index contributed by atoms with van der Waals surface area (Å²) in [7, 11) is 0. The van der Waals surface area contributed by atoms with E-state index in [2.05, 4.69) is 22.5 Å². The lowest BCUT2D eigenvalue weighted by Crippen LogP contribution is -2.09. The van der Waals surface area contributed by atoms with Gasteiger partial charge < -0.3 is 10.8 Å². The number of nitrogens with two attached hydrogens (primary N) is 1. The number of carboxylic acids is 1. The van der Waals surface area contributed by atoms with E-state index in [0.29, 0.717) is 4.47 Å². The Labute approximate surface area is 90.4 Å². The molecule has 0 aliphatic heterocycles. The summed E-state index contributed by atoms with van der Waals surface area (Å²) in [4.78, 5) is 10.8. The largest absolute Gasteiger partial charge is 0.478 e. The van der Waals surface area contributed by atoms with Crippen molar-refractivity contribution in [1.82, 2.24) is 0 Å². The maximum atomic E-state index is 10.8. The molecule has 74 valence electrons. The summed E-state index contributed by atoms with van der Waals surface area (Å²) in [5, 5.41) is 8.85. The molecular formula is C10H10BrNO2. The smallest absolute Gasteiger partial charge is 0.336 e.